The number of amides is 1. The molecule has 1 fully saturated rings. The second-order valence-electron chi connectivity index (χ2n) is 3.82. The predicted molar refractivity (Wildman–Crippen MR) is 55.6 cm³/mol. The molecule has 0 aliphatic heterocycles. The summed E-state index contributed by atoms with van der Waals surface area (Å²) in [5.41, 5.74) is 3.23. The maximum atomic E-state index is 11.4. The van der Waals surface area contributed by atoms with E-state index in [-0.39, 0.29) is 30.3 Å². The molecular weight excluding hydrogens is 192 g/mol. The molecule has 0 unspecified atom stereocenters. The van der Waals surface area contributed by atoms with Crippen LogP contribution in [0.3, 0.4) is 0 Å². The first-order valence-corrected chi connectivity index (χ1v) is 4.96. The molecule has 0 radical (unpaired) electrons. The van der Waals surface area contributed by atoms with Crippen molar-refractivity contribution >= 4 is 5.91 Å². The Bertz CT molecular complexity index is 353. The van der Waals surface area contributed by atoms with Gasteiger partial charge in [-0.05, 0) is 5.56 Å². The summed E-state index contributed by atoms with van der Waals surface area (Å²) >= 11 is 0. The largest absolute Gasteiger partial charge is 0.396 e. The maximum absolute atomic E-state index is 11.4. The molecule has 0 aromatic heterocycles. The number of nitrogens with one attached hydrogen (secondary N) is 1. The number of hydrazine groups is 1. The molecule has 4 nitrogen and oxygen atoms in total. The van der Waals surface area contributed by atoms with Crippen molar-refractivity contribution in [3.05, 3.63) is 35.9 Å². The van der Waals surface area contributed by atoms with E-state index in [1.54, 1.807) is 0 Å². The Hall–Kier alpha value is -1.39. The molecule has 4 heteroatoms. The third-order valence-corrected chi connectivity index (χ3v) is 3.01. The van der Waals surface area contributed by atoms with Gasteiger partial charge in [-0.3, -0.25) is 10.2 Å². The van der Waals surface area contributed by atoms with Crippen LogP contribution in [0.5, 0.6) is 0 Å². The molecule has 15 heavy (non-hydrogen) atoms. The van der Waals surface area contributed by atoms with Gasteiger partial charge in [-0.15, -0.1) is 0 Å². The zero-order chi connectivity index (χ0) is 10.8. The van der Waals surface area contributed by atoms with Crippen LogP contribution in [0.2, 0.25) is 0 Å². The van der Waals surface area contributed by atoms with Crippen LogP contribution in [0.15, 0.2) is 30.3 Å². The highest BCUT2D eigenvalue weighted by Gasteiger charge is 2.54. The Morgan fingerprint density at radius 1 is 1.40 bits per heavy atom. The van der Waals surface area contributed by atoms with Gasteiger partial charge < -0.3 is 5.11 Å². The van der Waals surface area contributed by atoms with Crippen LogP contribution in [0.4, 0.5) is 0 Å². The minimum Gasteiger partial charge on any atom is -0.396 e. The van der Waals surface area contributed by atoms with Gasteiger partial charge in [0.1, 0.15) is 0 Å². The van der Waals surface area contributed by atoms with Crippen LogP contribution < -0.4 is 11.3 Å². The summed E-state index contributed by atoms with van der Waals surface area (Å²) in [5.74, 6) is 4.84. The number of nitrogens with two attached hydrogens (primary N) is 1. The molecule has 0 spiro atoms. The minimum absolute atomic E-state index is 0.0101. The van der Waals surface area contributed by atoms with Gasteiger partial charge in [0, 0.05) is 18.4 Å². The maximum Gasteiger partial charge on any atom is 0.238 e. The smallest absolute Gasteiger partial charge is 0.238 e. The lowest BCUT2D eigenvalue weighted by molar-refractivity contribution is -0.122. The summed E-state index contributed by atoms with van der Waals surface area (Å²) in [6.07, 6.45) is 0. The molecule has 0 saturated heterocycles. The third-order valence-electron chi connectivity index (χ3n) is 3.01. The zero-order valence-electron chi connectivity index (χ0n) is 8.26. The number of rotatable bonds is 3. The van der Waals surface area contributed by atoms with E-state index < -0.39 is 0 Å². The first-order valence-electron chi connectivity index (χ1n) is 4.96. The zero-order valence-corrected chi connectivity index (χ0v) is 8.26. The summed E-state index contributed by atoms with van der Waals surface area (Å²) in [7, 11) is 0. The fourth-order valence-corrected chi connectivity index (χ4v) is 2.18. The predicted octanol–water partition coefficient (Wildman–Crippen LogP) is -0.00160. The van der Waals surface area contributed by atoms with Crippen LogP contribution in [0.25, 0.3) is 0 Å². The number of carbonyl (C=O) groups is 1. The van der Waals surface area contributed by atoms with Crippen molar-refractivity contribution in [1.82, 2.24) is 5.43 Å². The number of hydrogen-bond acceptors (Lipinski definition) is 3. The van der Waals surface area contributed by atoms with E-state index in [0.29, 0.717) is 0 Å². The average molecular weight is 206 g/mol. The number of benzene rings is 1. The standard InChI is InChI=1S/C11H14N2O2/c12-13-11(15)10-8(6-14)9(10)7-4-2-1-3-5-7/h1-5,8-10,14H,6,12H2,(H,13,15)/t8-,9-,10-/m0/s1. The van der Waals surface area contributed by atoms with E-state index in [9.17, 15) is 4.79 Å². The lowest BCUT2D eigenvalue weighted by Gasteiger charge is -1.98. The van der Waals surface area contributed by atoms with Crippen molar-refractivity contribution in [3.63, 3.8) is 0 Å². The second-order valence-corrected chi connectivity index (χ2v) is 3.82. The first kappa shape index (κ1) is 10.1. The Balaban J connectivity index is 2.15. The monoisotopic (exact) mass is 206 g/mol. The van der Waals surface area contributed by atoms with Crippen molar-refractivity contribution in [2.24, 2.45) is 17.7 Å². The van der Waals surface area contributed by atoms with Crippen LogP contribution in [0, 0.1) is 11.8 Å². The Labute approximate surface area is 88.1 Å². The average Bonchev–Trinajstić information content (AvgIpc) is 3.03. The van der Waals surface area contributed by atoms with Crippen molar-refractivity contribution < 1.29 is 9.90 Å². The lowest BCUT2D eigenvalue weighted by atomic mass is 10.1. The quantitative estimate of drug-likeness (QED) is 0.370. The van der Waals surface area contributed by atoms with Gasteiger partial charge in [-0.25, -0.2) is 5.84 Å². The van der Waals surface area contributed by atoms with Gasteiger partial charge >= 0.3 is 0 Å². The topological polar surface area (TPSA) is 75.3 Å². The Kier molecular flexibility index (Phi) is 2.70. The molecule has 4 N–H and O–H groups in total. The molecule has 1 amide bonds. The van der Waals surface area contributed by atoms with Crippen molar-refractivity contribution in [1.29, 1.82) is 0 Å². The normalized spacial score (nSPS) is 28.5. The van der Waals surface area contributed by atoms with Crippen LogP contribution in [0.1, 0.15) is 11.5 Å². The summed E-state index contributed by atoms with van der Waals surface area (Å²) in [6, 6.07) is 9.73. The highest BCUT2D eigenvalue weighted by atomic mass is 16.3. The third kappa shape index (κ3) is 1.73. The van der Waals surface area contributed by atoms with Gasteiger partial charge in [0.05, 0.1) is 5.92 Å². The number of carbonyl (C=O) groups excluding carboxylic acids is 1. The molecule has 1 aliphatic rings. The van der Waals surface area contributed by atoms with Crippen molar-refractivity contribution in [2.45, 2.75) is 5.92 Å². The van der Waals surface area contributed by atoms with E-state index in [2.05, 4.69) is 5.43 Å². The van der Waals surface area contributed by atoms with Gasteiger partial charge in [-0.1, -0.05) is 30.3 Å². The summed E-state index contributed by atoms with van der Waals surface area (Å²) < 4.78 is 0. The molecule has 1 saturated carbocycles. The Morgan fingerprint density at radius 2 is 2.07 bits per heavy atom. The molecule has 1 aliphatic carbocycles. The van der Waals surface area contributed by atoms with E-state index in [1.807, 2.05) is 30.3 Å². The van der Waals surface area contributed by atoms with Gasteiger partial charge in [-0.2, -0.15) is 0 Å². The lowest BCUT2D eigenvalue weighted by Crippen LogP contribution is -2.32. The van der Waals surface area contributed by atoms with Gasteiger partial charge in [0.2, 0.25) is 5.91 Å². The molecular formula is C11H14N2O2. The molecule has 80 valence electrons. The molecule has 1 aromatic carbocycles. The molecule has 2 rings (SSSR count). The van der Waals surface area contributed by atoms with E-state index in [0.717, 1.165) is 5.56 Å². The van der Waals surface area contributed by atoms with Crippen LogP contribution >= 0.6 is 0 Å². The molecule has 3 atom stereocenters. The van der Waals surface area contributed by atoms with Gasteiger partial charge in [0.25, 0.3) is 0 Å². The highest BCUT2D eigenvalue weighted by Crippen LogP contribution is 2.53. The number of aliphatic hydroxyl groups excluding tert-OH is 1. The highest BCUT2D eigenvalue weighted by molar-refractivity contribution is 5.83. The number of aliphatic hydroxyl groups is 1. The SMILES string of the molecule is NNC(=O)[C@H]1[C@@H](CO)[C@@H]1c1ccccc1. The summed E-state index contributed by atoms with van der Waals surface area (Å²) in [5, 5.41) is 9.13. The Morgan fingerprint density at radius 3 is 2.60 bits per heavy atom. The van der Waals surface area contributed by atoms with Crippen LogP contribution in [-0.2, 0) is 4.79 Å². The molecule has 0 heterocycles. The molecule has 0 bridgehead atoms. The van der Waals surface area contributed by atoms with Crippen LogP contribution in [-0.4, -0.2) is 17.6 Å². The van der Waals surface area contributed by atoms with Crippen molar-refractivity contribution in [3.8, 4) is 0 Å². The van der Waals surface area contributed by atoms with Gasteiger partial charge in [0.15, 0.2) is 0 Å². The van der Waals surface area contributed by atoms with Crippen molar-refractivity contribution in [2.75, 3.05) is 6.61 Å². The summed E-state index contributed by atoms with van der Waals surface area (Å²) in [4.78, 5) is 11.4. The van der Waals surface area contributed by atoms with E-state index >= 15 is 0 Å². The fraction of sp³-hybridized carbons (Fsp3) is 0.364. The van der Waals surface area contributed by atoms with E-state index in [1.165, 1.54) is 0 Å². The first-order chi connectivity index (χ1) is 7.29. The summed E-state index contributed by atoms with van der Waals surface area (Å²) in [6.45, 7) is 0.0254. The van der Waals surface area contributed by atoms with E-state index in [4.69, 9.17) is 10.9 Å². The second kappa shape index (κ2) is 4.00. The molecule has 1 aromatic rings. The number of hydrogen-bond donors (Lipinski definition) is 3. The minimum atomic E-state index is -0.192. The fourth-order valence-electron chi connectivity index (χ4n) is 2.18.